The lowest BCUT2D eigenvalue weighted by Gasteiger charge is -1.96. The van der Waals surface area contributed by atoms with E-state index in [1.54, 1.807) is 10.9 Å². The molecule has 0 fully saturated rings. The molecule has 2 aromatic heterocycles. The normalized spacial score (nSPS) is 10.5. The number of hydrogen-bond acceptors (Lipinski definition) is 3. The monoisotopic (exact) mass is 204 g/mol. The summed E-state index contributed by atoms with van der Waals surface area (Å²) in [6, 6.07) is 1.83. The highest BCUT2D eigenvalue weighted by atomic mass is 16.1. The third-order valence-electron chi connectivity index (χ3n) is 2.13. The van der Waals surface area contributed by atoms with E-state index in [0.29, 0.717) is 5.69 Å². The minimum absolute atomic E-state index is 0.325. The molecule has 1 N–H and O–H groups in total. The van der Waals surface area contributed by atoms with E-state index in [1.165, 1.54) is 0 Å². The maximum Gasteiger partial charge on any atom is 0.345 e. The van der Waals surface area contributed by atoms with Gasteiger partial charge in [0.25, 0.3) is 0 Å². The number of aromatic amines is 1. The zero-order valence-corrected chi connectivity index (χ0v) is 8.69. The number of H-pyrrole nitrogens is 1. The second-order valence-corrected chi connectivity index (χ2v) is 3.34. The molecule has 0 spiro atoms. The van der Waals surface area contributed by atoms with Crippen LogP contribution in [-0.2, 0) is 6.54 Å². The topological polar surface area (TPSA) is 63.6 Å². The Morgan fingerprint density at radius 3 is 2.93 bits per heavy atom. The van der Waals surface area contributed by atoms with Gasteiger partial charge in [0.2, 0.25) is 0 Å². The van der Waals surface area contributed by atoms with Crippen LogP contribution in [0.25, 0.3) is 11.3 Å². The first-order valence-electron chi connectivity index (χ1n) is 4.80. The van der Waals surface area contributed by atoms with Crippen LogP contribution in [0.1, 0.15) is 12.6 Å². The van der Waals surface area contributed by atoms with E-state index in [4.69, 9.17) is 0 Å². The summed E-state index contributed by atoms with van der Waals surface area (Å²) in [6.07, 6.45) is 3.59. The molecule has 0 amide bonds. The van der Waals surface area contributed by atoms with Gasteiger partial charge in [0.1, 0.15) is 0 Å². The van der Waals surface area contributed by atoms with Crippen LogP contribution in [0.5, 0.6) is 0 Å². The fourth-order valence-electron chi connectivity index (χ4n) is 1.40. The van der Waals surface area contributed by atoms with Crippen LogP contribution >= 0.6 is 0 Å². The summed E-state index contributed by atoms with van der Waals surface area (Å²) in [5.41, 5.74) is 2.01. The minimum atomic E-state index is -0.325. The Morgan fingerprint density at radius 1 is 1.53 bits per heavy atom. The molecule has 0 aromatic carbocycles. The lowest BCUT2D eigenvalue weighted by Crippen LogP contribution is -2.11. The number of rotatable bonds is 2. The van der Waals surface area contributed by atoms with Gasteiger partial charge < -0.3 is 4.98 Å². The molecule has 0 bridgehead atoms. The van der Waals surface area contributed by atoms with Gasteiger partial charge in [-0.15, -0.1) is 0 Å². The van der Waals surface area contributed by atoms with E-state index in [1.807, 2.05) is 26.1 Å². The quantitative estimate of drug-likeness (QED) is 0.792. The molecule has 0 atom stereocenters. The number of nitrogens with zero attached hydrogens (tertiary/aromatic N) is 3. The highest BCUT2D eigenvalue weighted by Gasteiger charge is 2.04. The van der Waals surface area contributed by atoms with Crippen LogP contribution in [0.15, 0.2) is 23.3 Å². The molecule has 0 saturated heterocycles. The molecule has 0 aliphatic carbocycles. The Hall–Kier alpha value is -1.91. The zero-order valence-electron chi connectivity index (χ0n) is 8.69. The molecule has 0 radical (unpaired) electrons. The molecule has 5 nitrogen and oxygen atoms in total. The average molecular weight is 204 g/mol. The van der Waals surface area contributed by atoms with Gasteiger partial charge in [0.05, 0.1) is 11.9 Å². The lowest BCUT2D eigenvalue weighted by molar-refractivity contribution is 0.660. The second kappa shape index (κ2) is 3.68. The van der Waals surface area contributed by atoms with Crippen LogP contribution in [-0.4, -0.2) is 19.7 Å². The Morgan fingerprint density at radius 2 is 2.33 bits per heavy atom. The molecule has 2 rings (SSSR count). The van der Waals surface area contributed by atoms with Gasteiger partial charge >= 0.3 is 5.69 Å². The van der Waals surface area contributed by atoms with Crippen LogP contribution < -0.4 is 5.69 Å². The summed E-state index contributed by atoms with van der Waals surface area (Å²) in [5.74, 6) is 0. The number of aryl methyl sites for hydroxylation is 2. The first kappa shape index (κ1) is 9.64. The second-order valence-electron chi connectivity index (χ2n) is 3.34. The molecule has 0 unspecified atom stereocenters. The van der Waals surface area contributed by atoms with Crippen molar-refractivity contribution in [3.05, 3.63) is 34.6 Å². The fraction of sp³-hybridized carbons (Fsp3) is 0.300. The Balaban J connectivity index is 2.48. The predicted octanol–water partition coefficient (Wildman–Crippen LogP) is 0.962. The summed E-state index contributed by atoms with van der Waals surface area (Å²) in [5, 5.41) is 4.13. The van der Waals surface area contributed by atoms with Crippen molar-refractivity contribution in [2.24, 2.45) is 0 Å². The predicted molar refractivity (Wildman–Crippen MR) is 56.5 cm³/mol. The highest BCUT2D eigenvalue weighted by Crippen LogP contribution is 2.14. The average Bonchev–Trinajstić information content (AvgIpc) is 2.64. The van der Waals surface area contributed by atoms with Gasteiger partial charge in [0, 0.05) is 24.0 Å². The molecular weight excluding hydrogens is 192 g/mol. The van der Waals surface area contributed by atoms with Crippen molar-refractivity contribution in [3.63, 3.8) is 0 Å². The summed E-state index contributed by atoms with van der Waals surface area (Å²) in [6.45, 7) is 4.65. The molecule has 0 aliphatic heterocycles. The van der Waals surface area contributed by atoms with Crippen molar-refractivity contribution < 1.29 is 0 Å². The van der Waals surface area contributed by atoms with Crippen molar-refractivity contribution in [3.8, 4) is 11.3 Å². The van der Waals surface area contributed by atoms with Crippen molar-refractivity contribution in [2.45, 2.75) is 20.4 Å². The van der Waals surface area contributed by atoms with E-state index in [2.05, 4.69) is 15.1 Å². The summed E-state index contributed by atoms with van der Waals surface area (Å²) < 4.78 is 1.80. The van der Waals surface area contributed by atoms with E-state index in [9.17, 15) is 4.79 Å². The third kappa shape index (κ3) is 1.96. The lowest BCUT2D eigenvalue weighted by atomic mass is 10.2. The van der Waals surface area contributed by atoms with Crippen LogP contribution in [0.4, 0.5) is 0 Å². The van der Waals surface area contributed by atoms with E-state index < -0.39 is 0 Å². The highest BCUT2D eigenvalue weighted by molar-refractivity contribution is 5.56. The molecule has 5 heteroatoms. The van der Waals surface area contributed by atoms with Gasteiger partial charge in [-0.25, -0.2) is 4.79 Å². The molecule has 0 aliphatic rings. The SMILES string of the molecule is CCn1cc(-c2cc(C)[nH]c(=O)n2)cn1. The van der Waals surface area contributed by atoms with Gasteiger partial charge in [-0.3, -0.25) is 4.68 Å². The molecule has 15 heavy (non-hydrogen) atoms. The molecule has 0 saturated carbocycles. The number of aromatic nitrogens is 4. The van der Waals surface area contributed by atoms with Crippen molar-refractivity contribution >= 4 is 0 Å². The van der Waals surface area contributed by atoms with Crippen LogP contribution in [0.3, 0.4) is 0 Å². The van der Waals surface area contributed by atoms with E-state index in [-0.39, 0.29) is 5.69 Å². The van der Waals surface area contributed by atoms with E-state index in [0.717, 1.165) is 17.8 Å². The smallest absolute Gasteiger partial charge is 0.310 e. The zero-order chi connectivity index (χ0) is 10.8. The largest absolute Gasteiger partial charge is 0.345 e. The number of hydrogen-bond donors (Lipinski definition) is 1. The van der Waals surface area contributed by atoms with E-state index >= 15 is 0 Å². The standard InChI is InChI=1S/C10H12N4O/c1-3-14-6-8(5-11-14)9-4-7(2)12-10(15)13-9/h4-6H,3H2,1-2H3,(H,12,13,15). The summed E-state index contributed by atoms with van der Waals surface area (Å²) in [4.78, 5) is 17.7. The maximum atomic E-state index is 11.2. The van der Waals surface area contributed by atoms with Gasteiger partial charge in [0.15, 0.2) is 0 Å². The molecule has 2 aromatic rings. The fourth-order valence-corrected chi connectivity index (χ4v) is 1.40. The van der Waals surface area contributed by atoms with Crippen molar-refractivity contribution in [1.82, 2.24) is 19.7 Å². The van der Waals surface area contributed by atoms with Crippen molar-refractivity contribution in [1.29, 1.82) is 0 Å². The third-order valence-corrected chi connectivity index (χ3v) is 2.13. The molecule has 2 heterocycles. The van der Waals surface area contributed by atoms with Gasteiger partial charge in [-0.05, 0) is 19.9 Å². The number of nitrogens with one attached hydrogen (secondary N) is 1. The molecule has 78 valence electrons. The van der Waals surface area contributed by atoms with Gasteiger partial charge in [-0.2, -0.15) is 10.1 Å². The summed E-state index contributed by atoms with van der Waals surface area (Å²) in [7, 11) is 0. The first-order valence-corrected chi connectivity index (χ1v) is 4.80. The minimum Gasteiger partial charge on any atom is -0.310 e. The Bertz CT molecular complexity index is 526. The molecular formula is C10H12N4O. The first-order chi connectivity index (χ1) is 7.19. The summed E-state index contributed by atoms with van der Waals surface area (Å²) >= 11 is 0. The van der Waals surface area contributed by atoms with Crippen molar-refractivity contribution in [2.75, 3.05) is 0 Å². The Labute approximate surface area is 86.8 Å². The van der Waals surface area contributed by atoms with Gasteiger partial charge in [-0.1, -0.05) is 0 Å². The van der Waals surface area contributed by atoms with Crippen LogP contribution in [0, 0.1) is 6.92 Å². The Kier molecular flexibility index (Phi) is 2.37. The van der Waals surface area contributed by atoms with Crippen LogP contribution in [0.2, 0.25) is 0 Å². The maximum absolute atomic E-state index is 11.2.